The van der Waals surface area contributed by atoms with Gasteiger partial charge >= 0.3 is 0 Å². The number of carbonyl (C=O) groups is 1. The Hall–Kier alpha value is -4.31. The van der Waals surface area contributed by atoms with Crippen LogP contribution in [-0.2, 0) is 0 Å². The summed E-state index contributed by atoms with van der Waals surface area (Å²) in [6, 6.07) is 11.6. The van der Waals surface area contributed by atoms with Gasteiger partial charge in [-0.05, 0) is 24.3 Å². The molecule has 0 radical (unpaired) electrons. The third-order valence-corrected chi connectivity index (χ3v) is 5.52. The number of nitrogens with zero attached hydrogens (tertiary/aromatic N) is 5. The summed E-state index contributed by atoms with van der Waals surface area (Å²) >= 11 is 1.56. The Kier molecular flexibility index (Phi) is 4.53. The normalized spacial score (nSPS) is 11.0. The molecule has 152 valence electrons. The number of hydrogen-bond acceptors (Lipinski definition) is 6. The van der Waals surface area contributed by atoms with Crippen molar-refractivity contribution >= 4 is 33.6 Å². The van der Waals surface area contributed by atoms with Gasteiger partial charge < -0.3 is 9.88 Å². The number of amides is 1. The van der Waals surface area contributed by atoms with E-state index in [9.17, 15) is 14.9 Å². The van der Waals surface area contributed by atoms with Crippen LogP contribution in [0.3, 0.4) is 0 Å². The highest BCUT2D eigenvalue weighted by atomic mass is 32.1. The maximum absolute atomic E-state index is 12.7. The summed E-state index contributed by atoms with van der Waals surface area (Å²) in [5.74, 6) is -0.435. The number of benzene rings is 2. The van der Waals surface area contributed by atoms with Crippen molar-refractivity contribution in [1.82, 2.24) is 18.9 Å². The number of imidazole rings is 2. The lowest BCUT2D eigenvalue weighted by Crippen LogP contribution is -2.12. The van der Waals surface area contributed by atoms with E-state index in [1.165, 1.54) is 29.2 Å². The average molecular weight is 430 g/mol. The van der Waals surface area contributed by atoms with Gasteiger partial charge in [0, 0.05) is 53.0 Å². The van der Waals surface area contributed by atoms with Gasteiger partial charge in [0.15, 0.2) is 4.96 Å². The number of nitro benzene ring substituents is 1. The quantitative estimate of drug-likeness (QED) is 0.328. The summed E-state index contributed by atoms with van der Waals surface area (Å²) in [5, 5.41) is 16.2. The van der Waals surface area contributed by atoms with E-state index in [0.29, 0.717) is 11.4 Å². The van der Waals surface area contributed by atoms with Crippen molar-refractivity contribution < 1.29 is 9.72 Å². The second-order valence-electron chi connectivity index (χ2n) is 6.68. The number of anilines is 1. The minimum atomic E-state index is -0.517. The number of rotatable bonds is 5. The minimum absolute atomic E-state index is 0.180. The molecule has 3 aromatic heterocycles. The van der Waals surface area contributed by atoms with Gasteiger partial charge in [-0.3, -0.25) is 19.3 Å². The van der Waals surface area contributed by atoms with Crippen LogP contribution in [-0.4, -0.2) is 29.8 Å². The van der Waals surface area contributed by atoms with E-state index in [-0.39, 0.29) is 11.3 Å². The molecule has 31 heavy (non-hydrogen) atoms. The molecule has 9 nitrogen and oxygen atoms in total. The first-order valence-corrected chi connectivity index (χ1v) is 10.1. The van der Waals surface area contributed by atoms with Crippen LogP contribution in [0.15, 0.2) is 79.0 Å². The molecular formula is C21H14N6O3S. The summed E-state index contributed by atoms with van der Waals surface area (Å²) in [6.45, 7) is 0. The minimum Gasteiger partial charge on any atom is -0.322 e. The van der Waals surface area contributed by atoms with E-state index < -0.39 is 10.8 Å². The van der Waals surface area contributed by atoms with Crippen LogP contribution in [0.1, 0.15) is 10.4 Å². The van der Waals surface area contributed by atoms with Crippen LogP contribution in [0, 0.1) is 10.1 Å². The zero-order chi connectivity index (χ0) is 21.4. The van der Waals surface area contributed by atoms with Gasteiger partial charge in [-0.25, -0.2) is 9.97 Å². The fraction of sp³-hybridized carbons (Fsp3) is 0. The molecule has 0 saturated heterocycles. The number of aromatic nitrogens is 4. The van der Waals surface area contributed by atoms with Crippen molar-refractivity contribution in [3.8, 4) is 16.9 Å². The lowest BCUT2D eigenvalue weighted by Gasteiger charge is -2.08. The number of fused-ring (bicyclic) bond motifs is 1. The molecule has 0 saturated carbocycles. The Balaban J connectivity index is 1.36. The Labute approximate surface area is 179 Å². The third-order valence-electron chi connectivity index (χ3n) is 4.75. The highest BCUT2D eigenvalue weighted by Gasteiger charge is 2.19. The molecule has 0 spiro atoms. The van der Waals surface area contributed by atoms with E-state index in [0.717, 1.165) is 16.2 Å². The van der Waals surface area contributed by atoms with E-state index in [1.54, 1.807) is 35.7 Å². The van der Waals surface area contributed by atoms with Crippen LogP contribution in [0.2, 0.25) is 0 Å². The van der Waals surface area contributed by atoms with Crippen LogP contribution >= 0.6 is 11.3 Å². The van der Waals surface area contributed by atoms with E-state index in [4.69, 9.17) is 0 Å². The second-order valence-corrected chi connectivity index (χ2v) is 7.55. The van der Waals surface area contributed by atoms with Gasteiger partial charge in [0.05, 0.1) is 16.9 Å². The lowest BCUT2D eigenvalue weighted by atomic mass is 10.1. The summed E-state index contributed by atoms with van der Waals surface area (Å²) < 4.78 is 3.48. The Morgan fingerprint density at radius 2 is 1.97 bits per heavy atom. The van der Waals surface area contributed by atoms with Gasteiger partial charge in [-0.2, -0.15) is 0 Å². The van der Waals surface area contributed by atoms with Crippen molar-refractivity contribution in [3.05, 3.63) is 94.6 Å². The summed E-state index contributed by atoms with van der Waals surface area (Å²) in [6.07, 6.45) is 8.49. The SMILES string of the molecule is O=C(Nc1ccc(-c2cn3ccsc3n2)cc1)c1ccc(-n2ccnc2)c([N+](=O)[O-])c1. The molecule has 3 heterocycles. The number of thiazole rings is 1. The molecular weight excluding hydrogens is 416 g/mol. The number of nitrogens with one attached hydrogen (secondary N) is 1. The fourth-order valence-corrected chi connectivity index (χ4v) is 3.93. The predicted molar refractivity (Wildman–Crippen MR) is 117 cm³/mol. The molecule has 0 bridgehead atoms. The van der Waals surface area contributed by atoms with Gasteiger partial charge in [0.2, 0.25) is 0 Å². The molecule has 0 unspecified atom stereocenters. The summed E-state index contributed by atoms with van der Waals surface area (Å²) in [4.78, 5) is 33.0. The zero-order valence-corrected chi connectivity index (χ0v) is 16.7. The molecule has 0 aliphatic rings. The molecule has 0 fully saturated rings. The molecule has 10 heteroatoms. The van der Waals surface area contributed by atoms with Crippen LogP contribution < -0.4 is 5.32 Å². The second kappa shape index (κ2) is 7.50. The van der Waals surface area contributed by atoms with Crippen molar-refractivity contribution in [3.63, 3.8) is 0 Å². The smallest absolute Gasteiger partial charge is 0.294 e. The maximum Gasteiger partial charge on any atom is 0.294 e. The predicted octanol–water partition coefficient (Wildman–Crippen LogP) is 4.41. The van der Waals surface area contributed by atoms with E-state index in [2.05, 4.69) is 15.3 Å². The van der Waals surface area contributed by atoms with Crippen molar-refractivity contribution in [2.45, 2.75) is 0 Å². The zero-order valence-electron chi connectivity index (χ0n) is 15.9. The largest absolute Gasteiger partial charge is 0.322 e. The Morgan fingerprint density at radius 3 is 2.68 bits per heavy atom. The molecule has 5 aromatic rings. The fourth-order valence-electron chi connectivity index (χ4n) is 3.23. The van der Waals surface area contributed by atoms with Gasteiger partial charge in [0.25, 0.3) is 11.6 Å². The first kappa shape index (κ1) is 18.7. The van der Waals surface area contributed by atoms with Crippen molar-refractivity contribution in [2.24, 2.45) is 0 Å². The first-order chi connectivity index (χ1) is 15.1. The molecule has 5 rings (SSSR count). The van der Waals surface area contributed by atoms with Crippen LogP contribution in [0.25, 0.3) is 21.9 Å². The summed E-state index contributed by atoms with van der Waals surface area (Å²) in [7, 11) is 0. The highest BCUT2D eigenvalue weighted by molar-refractivity contribution is 7.15. The molecule has 1 amide bonds. The standard InChI is InChI=1S/C21H14N6O3S/c28-20(15-3-6-18(19(11-15)27(29)30)26-8-7-22-13-26)23-16-4-1-14(2-5-16)17-12-25-9-10-31-21(25)24-17/h1-13H,(H,23,28). The van der Waals surface area contributed by atoms with Crippen molar-refractivity contribution in [2.75, 3.05) is 5.32 Å². The lowest BCUT2D eigenvalue weighted by molar-refractivity contribution is -0.384. The first-order valence-electron chi connectivity index (χ1n) is 9.19. The van der Waals surface area contributed by atoms with Crippen molar-refractivity contribution in [1.29, 1.82) is 0 Å². The number of nitro groups is 1. The van der Waals surface area contributed by atoms with Crippen LogP contribution in [0.4, 0.5) is 11.4 Å². The molecule has 2 aromatic carbocycles. The topological polar surface area (TPSA) is 107 Å². The molecule has 0 atom stereocenters. The Morgan fingerprint density at radius 1 is 1.13 bits per heavy atom. The third kappa shape index (κ3) is 3.55. The highest BCUT2D eigenvalue weighted by Crippen LogP contribution is 2.26. The van der Waals surface area contributed by atoms with Gasteiger partial charge in [0.1, 0.15) is 5.69 Å². The molecule has 0 aliphatic heterocycles. The van der Waals surface area contributed by atoms with E-state index in [1.807, 2.05) is 34.3 Å². The van der Waals surface area contributed by atoms with Gasteiger partial charge in [-0.15, -0.1) is 11.3 Å². The number of hydrogen-bond donors (Lipinski definition) is 1. The average Bonchev–Trinajstić information content (AvgIpc) is 3.51. The van der Waals surface area contributed by atoms with Crippen LogP contribution in [0.5, 0.6) is 0 Å². The summed E-state index contributed by atoms with van der Waals surface area (Å²) in [5.41, 5.74) is 2.69. The Bertz CT molecular complexity index is 1370. The number of carbonyl (C=O) groups excluding carboxylic acids is 1. The van der Waals surface area contributed by atoms with E-state index >= 15 is 0 Å². The van der Waals surface area contributed by atoms with Gasteiger partial charge in [-0.1, -0.05) is 12.1 Å². The maximum atomic E-state index is 12.7. The monoisotopic (exact) mass is 430 g/mol. The molecule has 1 N–H and O–H groups in total. The molecule has 0 aliphatic carbocycles.